The summed E-state index contributed by atoms with van der Waals surface area (Å²) in [7, 11) is 0.926. The van der Waals surface area contributed by atoms with Gasteiger partial charge in [-0.25, -0.2) is 8.42 Å². The van der Waals surface area contributed by atoms with E-state index in [1.54, 1.807) is 31.2 Å². The number of nitrogens with zero attached hydrogens (tertiary/aromatic N) is 2. The van der Waals surface area contributed by atoms with Crippen molar-refractivity contribution in [2.45, 2.75) is 50.1 Å². The monoisotopic (exact) mass is 460 g/mol. The van der Waals surface area contributed by atoms with Crippen LogP contribution in [0.4, 0.5) is 0 Å². The van der Waals surface area contributed by atoms with E-state index in [0.29, 0.717) is 17.9 Å². The van der Waals surface area contributed by atoms with E-state index in [4.69, 9.17) is 9.47 Å². The van der Waals surface area contributed by atoms with Gasteiger partial charge in [0, 0.05) is 30.8 Å². The molecule has 8 heteroatoms. The topological polar surface area (TPSA) is 76.1 Å². The summed E-state index contributed by atoms with van der Waals surface area (Å²) in [6.07, 6.45) is 2.65. The van der Waals surface area contributed by atoms with Crippen molar-refractivity contribution in [3.05, 3.63) is 53.6 Å². The highest BCUT2D eigenvalue weighted by Gasteiger charge is 2.34. The van der Waals surface area contributed by atoms with Crippen molar-refractivity contribution in [1.82, 2.24) is 9.21 Å². The second kappa shape index (κ2) is 9.92. The number of carbonyl (C=O) groups is 1. The van der Waals surface area contributed by atoms with Gasteiger partial charge < -0.3 is 14.4 Å². The van der Waals surface area contributed by atoms with Gasteiger partial charge in [-0.15, -0.1) is 0 Å². The number of para-hydroxylation sites is 1. The Morgan fingerprint density at radius 1 is 1.09 bits per heavy atom. The lowest BCUT2D eigenvalue weighted by atomic mass is 10.0. The maximum Gasteiger partial charge on any atom is 0.254 e. The van der Waals surface area contributed by atoms with Crippen LogP contribution in [0, 0.1) is 0 Å². The van der Waals surface area contributed by atoms with Crippen LogP contribution in [0.1, 0.15) is 55.1 Å². The van der Waals surface area contributed by atoms with Crippen LogP contribution in [0.2, 0.25) is 0 Å². The maximum absolute atomic E-state index is 13.5. The summed E-state index contributed by atoms with van der Waals surface area (Å²) in [4.78, 5) is 14.9. The molecule has 1 aliphatic heterocycles. The molecule has 2 unspecified atom stereocenters. The standard InChI is InChI=1S/C24H32N2O5S/c1-17-10-8-9-15-26(17)32(28,29)23-16-19(13-14-22(23)31-5)24(27)25(3)18(2)20-11-6-7-12-21(20)30-4/h6-7,11-14,16-18H,8-10,15H2,1-5H3. The molecular weight excluding hydrogens is 428 g/mol. The Morgan fingerprint density at radius 2 is 1.78 bits per heavy atom. The van der Waals surface area contributed by atoms with E-state index < -0.39 is 10.0 Å². The molecule has 1 heterocycles. The van der Waals surface area contributed by atoms with Gasteiger partial charge >= 0.3 is 0 Å². The Balaban J connectivity index is 1.96. The molecule has 2 atom stereocenters. The van der Waals surface area contributed by atoms with Crippen LogP contribution in [-0.2, 0) is 10.0 Å². The van der Waals surface area contributed by atoms with E-state index in [1.807, 2.05) is 38.1 Å². The second-order valence-corrected chi connectivity index (χ2v) is 10.0. The van der Waals surface area contributed by atoms with Crippen LogP contribution >= 0.6 is 0 Å². The van der Waals surface area contributed by atoms with Crippen LogP contribution < -0.4 is 9.47 Å². The molecule has 32 heavy (non-hydrogen) atoms. The predicted molar refractivity (Wildman–Crippen MR) is 124 cm³/mol. The zero-order valence-corrected chi connectivity index (χ0v) is 20.2. The Hall–Kier alpha value is -2.58. The van der Waals surface area contributed by atoms with Crippen molar-refractivity contribution in [2.75, 3.05) is 27.8 Å². The number of methoxy groups -OCH3 is 2. The highest BCUT2D eigenvalue weighted by atomic mass is 32.2. The SMILES string of the molecule is COc1ccccc1C(C)N(C)C(=O)c1ccc(OC)c(S(=O)(=O)N2CCCCC2C)c1. The zero-order valence-electron chi connectivity index (χ0n) is 19.4. The van der Waals surface area contributed by atoms with Crippen LogP contribution in [-0.4, -0.2) is 57.4 Å². The Labute approximate surface area is 191 Å². The lowest BCUT2D eigenvalue weighted by Crippen LogP contribution is -2.42. The summed E-state index contributed by atoms with van der Waals surface area (Å²) in [5.41, 5.74) is 1.16. The Kier molecular flexibility index (Phi) is 7.46. The summed E-state index contributed by atoms with van der Waals surface area (Å²) >= 11 is 0. The minimum Gasteiger partial charge on any atom is -0.496 e. The number of sulfonamides is 1. The van der Waals surface area contributed by atoms with Gasteiger partial charge in [-0.3, -0.25) is 4.79 Å². The Bertz CT molecular complexity index is 1070. The number of benzene rings is 2. The first-order chi connectivity index (χ1) is 15.2. The van der Waals surface area contributed by atoms with E-state index in [9.17, 15) is 13.2 Å². The van der Waals surface area contributed by atoms with Crippen LogP contribution in [0.3, 0.4) is 0 Å². The number of rotatable bonds is 7. The second-order valence-electron chi connectivity index (χ2n) is 8.16. The van der Waals surface area contributed by atoms with E-state index in [0.717, 1.165) is 24.8 Å². The molecule has 0 bridgehead atoms. The average Bonchev–Trinajstić information content (AvgIpc) is 2.82. The molecule has 0 saturated carbocycles. The highest BCUT2D eigenvalue weighted by molar-refractivity contribution is 7.89. The van der Waals surface area contributed by atoms with Gasteiger partial charge in [-0.1, -0.05) is 24.6 Å². The summed E-state index contributed by atoms with van der Waals surface area (Å²) < 4.78 is 39.2. The first-order valence-corrected chi connectivity index (χ1v) is 12.3. The number of hydrogen-bond acceptors (Lipinski definition) is 5. The molecule has 0 radical (unpaired) electrons. The molecule has 2 aromatic rings. The first-order valence-electron chi connectivity index (χ1n) is 10.8. The fourth-order valence-electron chi connectivity index (χ4n) is 4.17. The van der Waals surface area contributed by atoms with Crippen molar-refractivity contribution < 1.29 is 22.7 Å². The van der Waals surface area contributed by atoms with Crippen molar-refractivity contribution in [3.8, 4) is 11.5 Å². The lowest BCUT2D eigenvalue weighted by molar-refractivity contribution is 0.0740. The normalized spacial score (nSPS) is 18.1. The molecule has 3 rings (SSSR count). The van der Waals surface area contributed by atoms with E-state index in [1.165, 1.54) is 17.5 Å². The minimum absolute atomic E-state index is 0.0259. The summed E-state index contributed by atoms with van der Waals surface area (Å²) in [5.74, 6) is 0.644. The molecule has 2 aromatic carbocycles. The minimum atomic E-state index is -3.80. The molecule has 7 nitrogen and oxygen atoms in total. The molecule has 174 valence electrons. The third-order valence-electron chi connectivity index (χ3n) is 6.23. The van der Waals surface area contributed by atoms with Gasteiger partial charge in [-0.05, 0) is 51.0 Å². The maximum atomic E-state index is 13.5. The van der Waals surface area contributed by atoms with Crippen LogP contribution in [0.5, 0.6) is 11.5 Å². The molecule has 0 N–H and O–H groups in total. The van der Waals surface area contributed by atoms with Gasteiger partial charge in [0.1, 0.15) is 16.4 Å². The van der Waals surface area contributed by atoms with Crippen LogP contribution in [0.15, 0.2) is 47.4 Å². The molecule has 0 spiro atoms. The van der Waals surface area contributed by atoms with Gasteiger partial charge in [-0.2, -0.15) is 4.31 Å². The predicted octanol–water partition coefficient (Wildman–Crippen LogP) is 4.10. The largest absolute Gasteiger partial charge is 0.496 e. The fourth-order valence-corrected chi connectivity index (χ4v) is 6.05. The molecule has 1 aliphatic rings. The molecule has 0 aromatic heterocycles. The van der Waals surface area contributed by atoms with Gasteiger partial charge in [0.15, 0.2) is 0 Å². The highest BCUT2D eigenvalue weighted by Crippen LogP contribution is 2.33. The zero-order chi connectivity index (χ0) is 23.5. The van der Waals surface area contributed by atoms with Crippen molar-refractivity contribution in [3.63, 3.8) is 0 Å². The smallest absolute Gasteiger partial charge is 0.254 e. The first kappa shape index (κ1) is 24.1. The molecule has 1 fully saturated rings. The average molecular weight is 461 g/mol. The quantitative estimate of drug-likeness (QED) is 0.622. The fraction of sp³-hybridized carbons (Fsp3) is 0.458. The molecular formula is C24H32N2O5S. The summed E-state index contributed by atoms with van der Waals surface area (Å²) in [6.45, 7) is 4.29. The Morgan fingerprint density at radius 3 is 2.44 bits per heavy atom. The molecule has 1 amide bonds. The third kappa shape index (κ3) is 4.61. The number of amides is 1. The van der Waals surface area contributed by atoms with E-state index in [-0.39, 0.29) is 28.6 Å². The number of hydrogen-bond donors (Lipinski definition) is 0. The molecule has 0 aliphatic carbocycles. The van der Waals surface area contributed by atoms with E-state index in [2.05, 4.69) is 0 Å². The molecule has 1 saturated heterocycles. The van der Waals surface area contributed by atoms with E-state index >= 15 is 0 Å². The number of carbonyl (C=O) groups excluding carboxylic acids is 1. The number of piperidine rings is 1. The number of ether oxygens (including phenoxy) is 2. The van der Waals surface area contributed by atoms with Crippen molar-refractivity contribution in [1.29, 1.82) is 0 Å². The van der Waals surface area contributed by atoms with Crippen molar-refractivity contribution in [2.24, 2.45) is 0 Å². The van der Waals surface area contributed by atoms with Gasteiger partial charge in [0.25, 0.3) is 5.91 Å². The van der Waals surface area contributed by atoms with Crippen molar-refractivity contribution >= 4 is 15.9 Å². The van der Waals surface area contributed by atoms with Gasteiger partial charge in [0.05, 0.1) is 20.3 Å². The van der Waals surface area contributed by atoms with Gasteiger partial charge in [0.2, 0.25) is 10.0 Å². The summed E-state index contributed by atoms with van der Waals surface area (Å²) in [5, 5.41) is 0. The third-order valence-corrected chi connectivity index (χ3v) is 8.26. The summed E-state index contributed by atoms with van der Waals surface area (Å²) in [6, 6.07) is 11.7. The van der Waals surface area contributed by atoms with Crippen LogP contribution in [0.25, 0.3) is 0 Å². The lowest BCUT2D eigenvalue weighted by Gasteiger charge is -2.32.